The minimum absolute atomic E-state index is 0.277. The van der Waals surface area contributed by atoms with Crippen LogP contribution in [-0.4, -0.2) is 47.9 Å². The topological polar surface area (TPSA) is 49.6 Å². The van der Waals surface area contributed by atoms with Crippen molar-refractivity contribution in [3.63, 3.8) is 0 Å². The van der Waals surface area contributed by atoms with Crippen molar-refractivity contribution in [2.75, 3.05) is 26.2 Å². The molecule has 0 spiro atoms. The normalized spacial score (nSPS) is 24.1. The van der Waals surface area contributed by atoms with Gasteiger partial charge in [-0.15, -0.1) is 11.3 Å². The van der Waals surface area contributed by atoms with E-state index in [0.717, 1.165) is 45.3 Å². The largest absolute Gasteiger partial charge is 0.334 e. The molecular formula is C16H25N3OS. The van der Waals surface area contributed by atoms with Gasteiger partial charge in [0, 0.05) is 30.6 Å². The lowest BCUT2D eigenvalue weighted by Gasteiger charge is -2.38. The van der Waals surface area contributed by atoms with E-state index in [-0.39, 0.29) is 11.9 Å². The lowest BCUT2D eigenvalue weighted by atomic mass is 9.97. The summed E-state index contributed by atoms with van der Waals surface area (Å²) in [6.45, 7) is 5.53. The van der Waals surface area contributed by atoms with Crippen LogP contribution >= 0.6 is 11.3 Å². The molecule has 1 fully saturated rings. The zero-order valence-corrected chi connectivity index (χ0v) is 13.6. The standard InChI is InChI=1S/C16H25N3OS/c1-2-14-13-6-10-21-15(13)5-9-19(14)16(20)11-18-7-3-12(17)4-8-18/h6,10,12,14H,2-5,7-9,11,17H2,1H3. The van der Waals surface area contributed by atoms with Crippen LogP contribution in [0.2, 0.25) is 0 Å². The molecule has 1 aromatic heterocycles. The minimum Gasteiger partial charge on any atom is -0.334 e. The number of carbonyl (C=O) groups is 1. The summed E-state index contributed by atoms with van der Waals surface area (Å²) in [7, 11) is 0. The number of carbonyl (C=O) groups excluding carboxylic acids is 1. The monoisotopic (exact) mass is 307 g/mol. The van der Waals surface area contributed by atoms with Gasteiger partial charge >= 0.3 is 0 Å². The summed E-state index contributed by atoms with van der Waals surface area (Å²) in [6.07, 6.45) is 4.04. The number of likely N-dealkylation sites (tertiary alicyclic amines) is 1. The molecule has 0 aromatic carbocycles. The number of nitrogens with two attached hydrogens (primary N) is 1. The first kappa shape index (κ1) is 15.0. The van der Waals surface area contributed by atoms with Crippen molar-refractivity contribution in [1.29, 1.82) is 0 Å². The molecule has 1 unspecified atom stereocenters. The van der Waals surface area contributed by atoms with E-state index in [2.05, 4.69) is 28.2 Å². The fourth-order valence-corrected chi connectivity index (χ4v) is 4.46. The first-order valence-electron chi connectivity index (χ1n) is 8.02. The number of rotatable bonds is 3. The van der Waals surface area contributed by atoms with Crippen molar-refractivity contribution in [1.82, 2.24) is 9.80 Å². The Morgan fingerprint density at radius 2 is 2.14 bits per heavy atom. The molecule has 1 saturated heterocycles. The highest BCUT2D eigenvalue weighted by molar-refractivity contribution is 7.10. The van der Waals surface area contributed by atoms with Gasteiger partial charge in [0.2, 0.25) is 5.91 Å². The highest BCUT2D eigenvalue weighted by Gasteiger charge is 2.31. The Bertz CT molecular complexity index is 493. The van der Waals surface area contributed by atoms with Crippen LogP contribution in [-0.2, 0) is 11.2 Å². The Morgan fingerprint density at radius 3 is 2.86 bits per heavy atom. The van der Waals surface area contributed by atoms with Crippen LogP contribution in [0, 0.1) is 0 Å². The molecule has 0 radical (unpaired) electrons. The first-order chi connectivity index (χ1) is 10.2. The summed E-state index contributed by atoms with van der Waals surface area (Å²) >= 11 is 1.83. The molecule has 1 aromatic rings. The Kier molecular flexibility index (Phi) is 4.62. The first-order valence-corrected chi connectivity index (χ1v) is 8.90. The molecule has 2 aliphatic rings. The van der Waals surface area contributed by atoms with Gasteiger partial charge in [-0.2, -0.15) is 0 Å². The van der Waals surface area contributed by atoms with Gasteiger partial charge in [0.15, 0.2) is 0 Å². The third kappa shape index (κ3) is 3.15. The predicted molar refractivity (Wildman–Crippen MR) is 86.4 cm³/mol. The Morgan fingerprint density at radius 1 is 1.38 bits per heavy atom. The molecule has 21 heavy (non-hydrogen) atoms. The average molecular weight is 307 g/mol. The summed E-state index contributed by atoms with van der Waals surface area (Å²) in [6, 6.07) is 2.80. The number of piperidine rings is 1. The van der Waals surface area contributed by atoms with Gasteiger partial charge in [0.05, 0.1) is 12.6 Å². The van der Waals surface area contributed by atoms with Gasteiger partial charge in [-0.3, -0.25) is 9.69 Å². The second-order valence-electron chi connectivity index (χ2n) is 6.17. The lowest BCUT2D eigenvalue weighted by Crippen LogP contribution is -2.48. The van der Waals surface area contributed by atoms with Crippen LogP contribution in [0.1, 0.15) is 42.7 Å². The van der Waals surface area contributed by atoms with E-state index in [1.165, 1.54) is 10.4 Å². The molecule has 2 aliphatic heterocycles. The molecule has 0 saturated carbocycles. The molecule has 4 nitrogen and oxygen atoms in total. The molecule has 5 heteroatoms. The molecule has 3 heterocycles. The molecule has 116 valence electrons. The van der Waals surface area contributed by atoms with Crippen molar-refractivity contribution >= 4 is 17.2 Å². The van der Waals surface area contributed by atoms with Crippen molar-refractivity contribution in [2.45, 2.75) is 44.7 Å². The molecule has 0 bridgehead atoms. The number of hydrogen-bond donors (Lipinski definition) is 1. The second-order valence-corrected chi connectivity index (χ2v) is 7.17. The van der Waals surface area contributed by atoms with Gasteiger partial charge in [0.25, 0.3) is 0 Å². The van der Waals surface area contributed by atoms with E-state index in [1.54, 1.807) is 0 Å². The molecule has 2 N–H and O–H groups in total. The van der Waals surface area contributed by atoms with Crippen LogP contribution in [0.15, 0.2) is 11.4 Å². The molecule has 0 aliphatic carbocycles. The summed E-state index contributed by atoms with van der Waals surface area (Å²) in [5.74, 6) is 0.286. The Labute approximate surface area is 130 Å². The Hall–Kier alpha value is -0.910. The van der Waals surface area contributed by atoms with E-state index >= 15 is 0 Å². The average Bonchev–Trinajstić information content (AvgIpc) is 2.97. The van der Waals surface area contributed by atoms with Crippen LogP contribution < -0.4 is 5.73 Å². The van der Waals surface area contributed by atoms with Gasteiger partial charge in [-0.05, 0) is 42.7 Å². The van der Waals surface area contributed by atoms with Gasteiger partial charge in [-0.25, -0.2) is 0 Å². The summed E-state index contributed by atoms with van der Waals surface area (Å²) in [5, 5.41) is 2.16. The molecule has 3 rings (SSSR count). The van der Waals surface area contributed by atoms with E-state index in [9.17, 15) is 4.79 Å². The van der Waals surface area contributed by atoms with Crippen molar-refractivity contribution in [3.8, 4) is 0 Å². The van der Waals surface area contributed by atoms with Crippen LogP contribution in [0.3, 0.4) is 0 Å². The van der Waals surface area contributed by atoms with E-state index in [0.29, 0.717) is 12.6 Å². The second kappa shape index (κ2) is 6.46. The van der Waals surface area contributed by atoms with Crippen molar-refractivity contribution < 1.29 is 4.79 Å². The maximum absolute atomic E-state index is 12.7. The number of thiophene rings is 1. The van der Waals surface area contributed by atoms with Crippen LogP contribution in [0.5, 0.6) is 0 Å². The molecule has 1 amide bonds. The summed E-state index contributed by atoms with van der Waals surface area (Å²) in [4.78, 5) is 18.5. The predicted octanol–water partition coefficient (Wildman–Crippen LogP) is 2.01. The SMILES string of the molecule is CCC1c2ccsc2CCN1C(=O)CN1CCC(N)CC1. The maximum Gasteiger partial charge on any atom is 0.237 e. The zero-order chi connectivity index (χ0) is 14.8. The summed E-state index contributed by atoms with van der Waals surface area (Å²) < 4.78 is 0. The van der Waals surface area contributed by atoms with Crippen LogP contribution in [0.4, 0.5) is 0 Å². The van der Waals surface area contributed by atoms with Crippen molar-refractivity contribution in [3.05, 3.63) is 21.9 Å². The highest BCUT2D eigenvalue weighted by atomic mass is 32.1. The van der Waals surface area contributed by atoms with Gasteiger partial charge in [0.1, 0.15) is 0 Å². The van der Waals surface area contributed by atoms with Crippen molar-refractivity contribution in [2.24, 2.45) is 5.73 Å². The third-order valence-electron chi connectivity index (χ3n) is 4.79. The molecule has 1 atom stereocenters. The van der Waals surface area contributed by atoms with E-state index < -0.39 is 0 Å². The lowest BCUT2D eigenvalue weighted by molar-refractivity contribution is -0.135. The van der Waals surface area contributed by atoms with Crippen LogP contribution in [0.25, 0.3) is 0 Å². The fraction of sp³-hybridized carbons (Fsp3) is 0.688. The zero-order valence-electron chi connectivity index (χ0n) is 12.8. The summed E-state index contributed by atoms with van der Waals surface area (Å²) in [5.41, 5.74) is 7.31. The number of hydrogen-bond acceptors (Lipinski definition) is 4. The third-order valence-corrected chi connectivity index (χ3v) is 5.79. The Balaban J connectivity index is 1.64. The van der Waals surface area contributed by atoms with E-state index in [1.807, 2.05) is 11.3 Å². The van der Waals surface area contributed by atoms with Gasteiger partial charge < -0.3 is 10.6 Å². The maximum atomic E-state index is 12.7. The molecular weight excluding hydrogens is 282 g/mol. The quantitative estimate of drug-likeness (QED) is 0.929. The minimum atomic E-state index is 0.277. The smallest absolute Gasteiger partial charge is 0.237 e. The van der Waals surface area contributed by atoms with Gasteiger partial charge in [-0.1, -0.05) is 6.92 Å². The highest BCUT2D eigenvalue weighted by Crippen LogP contribution is 2.35. The fourth-order valence-electron chi connectivity index (χ4n) is 3.53. The number of amides is 1. The van der Waals surface area contributed by atoms with E-state index in [4.69, 9.17) is 5.73 Å². The number of fused-ring (bicyclic) bond motifs is 1. The number of nitrogens with zero attached hydrogens (tertiary/aromatic N) is 2.